The summed E-state index contributed by atoms with van der Waals surface area (Å²) in [5.74, 6) is 1.02. The van der Waals surface area contributed by atoms with Crippen molar-refractivity contribution < 1.29 is 14.1 Å². The zero-order valence-corrected chi connectivity index (χ0v) is 14.6. The Balaban J connectivity index is 1.52. The quantitative estimate of drug-likeness (QED) is 0.849. The monoisotopic (exact) mass is 368 g/mol. The van der Waals surface area contributed by atoms with Gasteiger partial charge in [-0.1, -0.05) is 28.4 Å². The van der Waals surface area contributed by atoms with Crippen LogP contribution in [0.3, 0.4) is 0 Å². The Kier molecular flexibility index (Phi) is 5.76. The van der Waals surface area contributed by atoms with Crippen LogP contribution in [0.4, 0.5) is 0 Å². The molecule has 0 radical (unpaired) electrons. The molecule has 2 aromatic rings. The van der Waals surface area contributed by atoms with Crippen molar-refractivity contribution >= 4 is 29.1 Å². The van der Waals surface area contributed by atoms with Crippen molar-refractivity contribution in [1.82, 2.24) is 10.5 Å². The summed E-state index contributed by atoms with van der Waals surface area (Å²) in [4.78, 5) is 12.0. The molecule has 1 N–H and O–H groups in total. The minimum atomic E-state index is -0.0625. The lowest BCUT2D eigenvalue weighted by Gasteiger charge is -2.08. The van der Waals surface area contributed by atoms with Crippen LogP contribution in [0.25, 0.3) is 0 Å². The molecule has 0 bridgehead atoms. The Labute approximate surface area is 150 Å². The number of aromatic nitrogens is 1. The van der Waals surface area contributed by atoms with Crippen LogP contribution >= 0.6 is 23.2 Å². The van der Waals surface area contributed by atoms with E-state index in [1.165, 1.54) is 0 Å². The fourth-order valence-electron chi connectivity index (χ4n) is 2.67. The van der Waals surface area contributed by atoms with E-state index in [0.29, 0.717) is 40.4 Å². The van der Waals surface area contributed by atoms with Gasteiger partial charge in [0.2, 0.25) is 5.91 Å². The van der Waals surface area contributed by atoms with Crippen molar-refractivity contribution in [3.05, 3.63) is 51.3 Å². The average molecular weight is 369 g/mol. The van der Waals surface area contributed by atoms with Gasteiger partial charge in [0.1, 0.15) is 5.76 Å². The van der Waals surface area contributed by atoms with E-state index in [1.807, 2.05) is 12.1 Å². The molecule has 1 aromatic heterocycles. The van der Waals surface area contributed by atoms with E-state index in [0.717, 1.165) is 25.2 Å². The van der Waals surface area contributed by atoms with E-state index in [4.69, 9.17) is 32.5 Å². The summed E-state index contributed by atoms with van der Waals surface area (Å²) in [5.41, 5.74) is 1.54. The number of amides is 1. The van der Waals surface area contributed by atoms with Gasteiger partial charge in [-0.05, 0) is 30.2 Å². The number of nitrogens with zero attached hydrogens (tertiary/aromatic N) is 1. The number of nitrogens with one attached hydrogen (secondary N) is 1. The third-order valence-corrected chi connectivity index (χ3v) is 4.30. The molecule has 24 heavy (non-hydrogen) atoms. The van der Waals surface area contributed by atoms with E-state index in [9.17, 15) is 4.79 Å². The van der Waals surface area contributed by atoms with Gasteiger partial charge in [0.05, 0.1) is 18.7 Å². The van der Waals surface area contributed by atoms with E-state index >= 15 is 0 Å². The molecule has 1 aliphatic heterocycles. The molecule has 3 rings (SSSR count). The smallest absolute Gasteiger partial charge is 0.226 e. The van der Waals surface area contributed by atoms with Gasteiger partial charge in [0, 0.05) is 41.6 Å². The topological polar surface area (TPSA) is 64.4 Å². The molecule has 128 valence electrons. The normalized spacial score (nSPS) is 17.2. The summed E-state index contributed by atoms with van der Waals surface area (Å²) >= 11 is 12.0. The van der Waals surface area contributed by atoms with Gasteiger partial charge in [-0.3, -0.25) is 4.79 Å². The standard InChI is InChI=1S/C17H18Cl2N2O3/c18-13-3-12(4-14(19)6-13)5-16-7-15(21-24-16)8-17(22)20-9-11-1-2-23-10-11/h3-4,6-7,11H,1-2,5,8-10H2,(H,20,22). The summed E-state index contributed by atoms with van der Waals surface area (Å²) in [7, 11) is 0. The van der Waals surface area contributed by atoms with Crippen molar-refractivity contribution in [1.29, 1.82) is 0 Å². The highest BCUT2D eigenvalue weighted by Crippen LogP contribution is 2.21. The molecule has 1 amide bonds. The summed E-state index contributed by atoms with van der Waals surface area (Å²) in [6.07, 6.45) is 1.72. The zero-order chi connectivity index (χ0) is 16.9. The van der Waals surface area contributed by atoms with E-state index in [2.05, 4.69) is 10.5 Å². The van der Waals surface area contributed by atoms with Crippen molar-refractivity contribution in [3.63, 3.8) is 0 Å². The maximum Gasteiger partial charge on any atom is 0.226 e. The SMILES string of the molecule is O=C(Cc1cc(Cc2cc(Cl)cc(Cl)c2)on1)NCC1CCOC1. The Morgan fingerprint density at radius 1 is 1.25 bits per heavy atom. The second kappa shape index (κ2) is 8.01. The fourth-order valence-corrected chi connectivity index (χ4v) is 3.24. The molecule has 7 heteroatoms. The molecule has 1 fully saturated rings. The predicted octanol–water partition coefficient (Wildman–Crippen LogP) is 3.27. The van der Waals surface area contributed by atoms with Crippen LogP contribution in [0.5, 0.6) is 0 Å². The first-order valence-electron chi connectivity index (χ1n) is 7.82. The van der Waals surface area contributed by atoms with E-state index < -0.39 is 0 Å². The zero-order valence-electron chi connectivity index (χ0n) is 13.1. The Hall–Kier alpha value is -1.56. The number of hydrogen-bond acceptors (Lipinski definition) is 4. The molecular weight excluding hydrogens is 351 g/mol. The molecule has 1 saturated heterocycles. The molecule has 0 spiro atoms. The number of rotatable bonds is 6. The maximum absolute atomic E-state index is 12.0. The second-order valence-corrected chi connectivity index (χ2v) is 6.82. The van der Waals surface area contributed by atoms with Crippen molar-refractivity contribution in [3.8, 4) is 0 Å². The van der Waals surface area contributed by atoms with Gasteiger partial charge < -0.3 is 14.6 Å². The summed E-state index contributed by atoms with van der Waals surface area (Å²) in [5, 5.41) is 8.01. The van der Waals surface area contributed by atoms with Gasteiger partial charge >= 0.3 is 0 Å². The largest absolute Gasteiger partial charge is 0.381 e. The number of carbonyl (C=O) groups is 1. The molecule has 0 aliphatic carbocycles. The van der Waals surface area contributed by atoms with Crippen molar-refractivity contribution in [2.24, 2.45) is 5.92 Å². The number of carbonyl (C=O) groups excluding carboxylic acids is 1. The Bertz CT molecular complexity index is 691. The lowest BCUT2D eigenvalue weighted by molar-refractivity contribution is -0.120. The van der Waals surface area contributed by atoms with Gasteiger partial charge in [-0.2, -0.15) is 0 Å². The third-order valence-electron chi connectivity index (χ3n) is 3.86. The Morgan fingerprint density at radius 3 is 2.75 bits per heavy atom. The molecule has 2 heterocycles. The lowest BCUT2D eigenvalue weighted by Crippen LogP contribution is -2.30. The van der Waals surface area contributed by atoms with Crippen molar-refractivity contribution in [2.45, 2.75) is 19.3 Å². The first-order valence-corrected chi connectivity index (χ1v) is 8.58. The number of hydrogen-bond donors (Lipinski definition) is 1. The molecule has 1 atom stereocenters. The van der Waals surface area contributed by atoms with E-state index in [-0.39, 0.29) is 12.3 Å². The third kappa shape index (κ3) is 4.97. The summed E-state index contributed by atoms with van der Waals surface area (Å²) < 4.78 is 10.6. The molecule has 1 aliphatic rings. The lowest BCUT2D eigenvalue weighted by atomic mass is 10.1. The van der Waals surface area contributed by atoms with Crippen LogP contribution in [-0.2, 0) is 22.4 Å². The minimum Gasteiger partial charge on any atom is -0.381 e. The maximum atomic E-state index is 12.0. The average Bonchev–Trinajstić information content (AvgIpc) is 3.16. The van der Waals surface area contributed by atoms with Gasteiger partial charge in [0.25, 0.3) is 0 Å². The van der Waals surface area contributed by atoms with Gasteiger partial charge in [-0.15, -0.1) is 0 Å². The highest BCUT2D eigenvalue weighted by atomic mass is 35.5. The van der Waals surface area contributed by atoms with E-state index in [1.54, 1.807) is 12.1 Å². The van der Waals surface area contributed by atoms with Crippen LogP contribution in [0, 0.1) is 5.92 Å². The predicted molar refractivity (Wildman–Crippen MR) is 91.4 cm³/mol. The molecular formula is C17H18Cl2N2O3. The van der Waals surface area contributed by atoms with Crippen LogP contribution in [0.1, 0.15) is 23.4 Å². The summed E-state index contributed by atoms with van der Waals surface area (Å²) in [6, 6.07) is 7.11. The van der Waals surface area contributed by atoms with Crippen LogP contribution in [0.2, 0.25) is 10.0 Å². The highest BCUT2D eigenvalue weighted by molar-refractivity contribution is 6.34. The number of halogens is 2. The first-order chi connectivity index (χ1) is 11.6. The van der Waals surface area contributed by atoms with Crippen LogP contribution in [-0.4, -0.2) is 30.8 Å². The van der Waals surface area contributed by atoms with Crippen LogP contribution < -0.4 is 5.32 Å². The molecule has 0 saturated carbocycles. The number of ether oxygens (including phenoxy) is 1. The molecule has 5 nitrogen and oxygen atoms in total. The van der Waals surface area contributed by atoms with Gasteiger partial charge in [-0.25, -0.2) is 0 Å². The van der Waals surface area contributed by atoms with Crippen LogP contribution in [0.15, 0.2) is 28.8 Å². The fraction of sp³-hybridized carbons (Fsp3) is 0.412. The minimum absolute atomic E-state index is 0.0625. The first kappa shape index (κ1) is 17.3. The summed E-state index contributed by atoms with van der Waals surface area (Å²) in [6.45, 7) is 2.14. The Morgan fingerprint density at radius 2 is 2.04 bits per heavy atom. The van der Waals surface area contributed by atoms with Gasteiger partial charge in [0.15, 0.2) is 0 Å². The molecule has 1 aromatic carbocycles. The highest BCUT2D eigenvalue weighted by Gasteiger charge is 2.17. The number of benzene rings is 1. The molecule has 1 unspecified atom stereocenters. The second-order valence-electron chi connectivity index (χ2n) is 5.95. The van der Waals surface area contributed by atoms with Crippen molar-refractivity contribution in [2.75, 3.05) is 19.8 Å².